The maximum Gasteiger partial charge on any atom is 0.224 e. The maximum atomic E-state index is 13.5. The molecular weight excluding hydrogens is 347 g/mol. The Bertz CT molecular complexity index is 651. The van der Waals surface area contributed by atoms with Crippen LogP contribution in [0.4, 0.5) is 10.2 Å². The van der Waals surface area contributed by atoms with Crippen molar-refractivity contribution in [1.29, 1.82) is 0 Å². The van der Waals surface area contributed by atoms with Crippen molar-refractivity contribution in [2.24, 2.45) is 0 Å². The molecule has 1 unspecified atom stereocenters. The largest absolute Gasteiger partial charge is 0.362 e. The Hall–Kier alpha value is -0.810. The van der Waals surface area contributed by atoms with E-state index in [4.69, 9.17) is 46.4 Å². The number of hydrogen-bond donors (Lipinski definition) is 1. The van der Waals surface area contributed by atoms with Gasteiger partial charge in [-0.1, -0.05) is 34.8 Å². The first-order chi connectivity index (χ1) is 9.38. The standard InChI is InChI=1S/C12H8Cl4FN3/c1-5(6-2-10(17)8(14)3-7(6)13)19-11-9(15)4-18-12(16)20-11/h2-5H,1H3,(H,18,19,20). The van der Waals surface area contributed by atoms with Gasteiger partial charge in [0, 0.05) is 5.02 Å². The van der Waals surface area contributed by atoms with Crippen LogP contribution in [0.1, 0.15) is 18.5 Å². The van der Waals surface area contributed by atoms with Crippen molar-refractivity contribution in [1.82, 2.24) is 9.97 Å². The second-order valence-corrected chi connectivity index (χ2v) is 5.55. The summed E-state index contributed by atoms with van der Waals surface area (Å²) in [4.78, 5) is 7.70. The Morgan fingerprint density at radius 3 is 2.50 bits per heavy atom. The number of hydrogen-bond acceptors (Lipinski definition) is 3. The van der Waals surface area contributed by atoms with Gasteiger partial charge in [-0.2, -0.15) is 4.98 Å². The van der Waals surface area contributed by atoms with Crippen molar-refractivity contribution in [2.75, 3.05) is 5.32 Å². The normalized spacial score (nSPS) is 12.3. The molecule has 0 aliphatic heterocycles. The van der Waals surface area contributed by atoms with Crippen molar-refractivity contribution < 1.29 is 4.39 Å². The van der Waals surface area contributed by atoms with E-state index in [-0.39, 0.29) is 16.3 Å². The molecule has 106 valence electrons. The predicted molar refractivity (Wildman–Crippen MR) is 80.5 cm³/mol. The molecule has 2 rings (SSSR count). The Morgan fingerprint density at radius 1 is 1.10 bits per heavy atom. The summed E-state index contributed by atoms with van der Waals surface area (Å²) in [6.07, 6.45) is 1.37. The summed E-state index contributed by atoms with van der Waals surface area (Å²) in [7, 11) is 0. The van der Waals surface area contributed by atoms with Gasteiger partial charge in [0.1, 0.15) is 16.7 Å². The molecule has 2 aromatic rings. The second kappa shape index (κ2) is 6.31. The van der Waals surface area contributed by atoms with Gasteiger partial charge in [0.15, 0.2) is 0 Å². The molecule has 0 saturated heterocycles. The minimum Gasteiger partial charge on any atom is -0.362 e. The SMILES string of the molecule is CC(Nc1nc(Cl)ncc1Cl)c1cc(F)c(Cl)cc1Cl. The van der Waals surface area contributed by atoms with E-state index in [1.54, 1.807) is 6.92 Å². The van der Waals surface area contributed by atoms with Crippen LogP contribution in [-0.4, -0.2) is 9.97 Å². The van der Waals surface area contributed by atoms with Gasteiger partial charge in [-0.3, -0.25) is 0 Å². The molecule has 0 aliphatic rings. The lowest BCUT2D eigenvalue weighted by molar-refractivity contribution is 0.624. The van der Waals surface area contributed by atoms with Crippen LogP contribution in [0, 0.1) is 5.82 Å². The number of benzene rings is 1. The first kappa shape index (κ1) is 15.6. The summed E-state index contributed by atoms with van der Waals surface area (Å²) in [6, 6.07) is 2.26. The van der Waals surface area contributed by atoms with Crippen LogP contribution in [0.15, 0.2) is 18.3 Å². The highest BCUT2D eigenvalue weighted by Gasteiger charge is 2.15. The smallest absolute Gasteiger partial charge is 0.224 e. The van der Waals surface area contributed by atoms with Crippen molar-refractivity contribution in [3.63, 3.8) is 0 Å². The van der Waals surface area contributed by atoms with Crippen LogP contribution >= 0.6 is 46.4 Å². The summed E-state index contributed by atoms with van der Waals surface area (Å²) in [6.45, 7) is 1.78. The molecule has 0 spiro atoms. The molecule has 8 heteroatoms. The Kier molecular flexibility index (Phi) is 4.91. The fourth-order valence-corrected chi connectivity index (χ4v) is 2.43. The van der Waals surface area contributed by atoms with Crippen molar-refractivity contribution in [3.05, 3.63) is 50.1 Å². The summed E-state index contributed by atoms with van der Waals surface area (Å²) >= 11 is 23.4. The molecule has 0 fully saturated rings. The van der Waals surface area contributed by atoms with E-state index in [0.29, 0.717) is 21.4 Å². The van der Waals surface area contributed by atoms with E-state index < -0.39 is 5.82 Å². The van der Waals surface area contributed by atoms with Crippen LogP contribution in [0.5, 0.6) is 0 Å². The number of rotatable bonds is 3. The third-order valence-electron chi connectivity index (χ3n) is 2.57. The van der Waals surface area contributed by atoms with Gasteiger partial charge in [-0.05, 0) is 36.2 Å². The quantitative estimate of drug-likeness (QED) is 0.592. The summed E-state index contributed by atoms with van der Waals surface area (Å²) in [5.41, 5.74) is 0.527. The lowest BCUT2D eigenvalue weighted by atomic mass is 10.1. The molecular formula is C12H8Cl4FN3. The number of anilines is 1. The van der Waals surface area contributed by atoms with Crippen LogP contribution in [-0.2, 0) is 0 Å². The molecule has 1 atom stereocenters. The van der Waals surface area contributed by atoms with Crippen LogP contribution in [0.25, 0.3) is 0 Å². The zero-order valence-electron chi connectivity index (χ0n) is 10.1. The molecule has 0 amide bonds. The zero-order valence-corrected chi connectivity index (χ0v) is 13.1. The van der Waals surface area contributed by atoms with Crippen LogP contribution in [0.3, 0.4) is 0 Å². The Morgan fingerprint density at radius 2 is 1.80 bits per heavy atom. The molecule has 0 radical (unpaired) electrons. The molecule has 1 aromatic carbocycles. The molecule has 1 N–H and O–H groups in total. The van der Waals surface area contributed by atoms with Crippen LogP contribution < -0.4 is 5.32 Å². The van der Waals surface area contributed by atoms with E-state index in [1.165, 1.54) is 18.3 Å². The summed E-state index contributed by atoms with van der Waals surface area (Å²) in [5, 5.41) is 3.65. The van der Waals surface area contributed by atoms with Gasteiger partial charge in [0.25, 0.3) is 0 Å². The topological polar surface area (TPSA) is 37.8 Å². The monoisotopic (exact) mass is 353 g/mol. The molecule has 0 saturated carbocycles. The van der Waals surface area contributed by atoms with Gasteiger partial charge in [0.05, 0.1) is 17.3 Å². The van der Waals surface area contributed by atoms with Crippen molar-refractivity contribution in [3.8, 4) is 0 Å². The zero-order chi connectivity index (χ0) is 14.9. The third kappa shape index (κ3) is 3.44. The third-order valence-corrected chi connectivity index (χ3v) is 3.65. The fourth-order valence-electron chi connectivity index (χ4n) is 1.60. The van der Waals surface area contributed by atoms with Gasteiger partial charge in [-0.25, -0.2) is 9.37 Å². The lowest BCUT2D eigenvalue weighted by Crippen LogP contribution is -2.10. The Balaban J connectivity index is 2.30. The average Bonchev–Trinajstić information content (AvgIpc) is 2.38. The highest BCUT2D eigenvalue weighted by Crippen LogP contribution is 2.31. The highest BCUT2D eigenvalue weighted by molar-refractivity contribution is 6.35. The minimum atomic E-state index is -0.550. The number of halogens is 5. The van der Waals surface area contributed by atoms with Gasteiger partial charge in [-0.15, -0.1) is 0 Å². The maximum absolute atomic E-state index is 13.5. The number of nitrogens with zero attached hydrogens (tertiary/aromatic N) is 2. The summed E-state index contributed by atoms with van der Waals surface area (Å²) < 4.78 is 13.5. The molecule has 3 nitrogen and oxygen atoms in total. The van der Waals surface area contributed by atoms with Gasteiger partial charge >= 0.3 is 0 Å². The van der Waals surface area contributed by atoms with Crippen molar-refractivity contribution >= 4 is 52.2 Å². The van der Waals surface area contributed by atoms with E-state index >= 15 is 0 Å². The fraction of sp³-hybridized carbons (Fsp3) is 0.167. The lowest BCUT2D eigenvalue weighted by Gasteiger charge is -2.17. The van der Waals surface area contributed by atoms with E-state index in [2.05, 4.69) is 15.3 Å². The van der Waals surface area contributed by atoms with Gasteiger partial charge < -0.3 is 5.32 Å². The minimum absolute atomic E-state index is 0.0333. The highest BCUT2D eigenvalue weighted by atomic mass is 35.5. The Labute approximate surface area is 135 Å². The molecule has 1 aromatic heterocycles. The van der Waals surface area contributed by atoms with Crippen molar-refractivity contribution in [2.45, 2.75) is 13.0 Å². The number of nitrogens with one attached hydrogen (secondary N) is 1. The average molecular weight is 355 g/mol. The molecule has 0 aliphatic carbocycles. The van der Waals surface area contributed by atoms with E-state index in [1.807, 2.05) is 0 Å². The molecule has 20 heavy (non-hydrogen) atoms. The molecule has 1 heterocycles. The van der Waals surface area contributed by atoms with E-state index in [0.717, 1.165) is 0 Å². The number of aromatic nitrogens is 2. The first-order valence-electron chi connectivity index (χ1n) is 5.47. The second-order valence-electron chi connectivity index (χ2n) is 3.99. The van der Waals surface area contributed by atoms with Gasteiger partial charge in [0.2, 0.25) is 5.28 Å². The first-order valence-corrected chi connectivity index (χ1v) is 6.98. The van der Waals surface area contributed by atoms with Crippen LogP contribution in [0.2, 0.25) is 20.4 Å². The predicted octanol–water partition coefficient (Wildman–Crippen LogP) is 5.40. The van der Waals surface area contributed by atoms with E-state index in [9.17, 15) is 4.39 Å². The molecule has 0 bridgehead atoms. The summed E-state index contributed by atoms with van der Waals surface area (Å²) in [5.74, 6) is -0.211.